The summed E-state index contributed by atoms with van der Waals surface area (Å²) >= 11 is 0. The number of carbonyl (C=O) groups is 2. The Morgan fingerprint density at radius 3 is 2.66 bits per heavy atom. The number of ketones is 1. The van der Waals surface area contributed by atoms with Gasteiger partial charge in [0, 0.05) is 40.7 Å². The molecule has 2 aliphatic rings. The number of rotatable bonds is 2. The number of hydrogen-bond donors (Lipinski definition) is 1. The van der Waals surface area contributed by atoms with Crippen molar-refractivity contribution in [3.05, 3.63) is 63.8 Å². The Bertz CT molecular complexity index is 1320. The molecule has 7 nitrogen and oxygen atoms in total. The third-order valence-corrected chi connectivity index (χ3v) is 6.57. The molecule has 1 aliphatic heterocycles. The highest BCUT2D eigenvalue weighted by atomic mass is 16.5. The molecule has 32 heavy (non-hydrogen) atoms. The number of ether oxygens (including phenoxy) is 2. The van der Waals surface area contributed by atoms with Gasteiger partial charge < -0.3 is 19.4 Å². The van der Waals surface area contributed by atoms with E-state index in [1.165, 1.54) is 7.11 Å². The van der Waals surface area contributed by atoms with Crippen molar-refractivity contribution >= 4 is 22.6 Å². The largest absolute Gasteiger partial charge is 0.496 e. The van der Waals surface area contributed by atoms with E-state index < -0.39 is 5.41 Å². The van der Waals surface area contributed by atoms with Crippen LogP contribution in [-0.4, -0.2) is 55.0 Å². The first-order valence-corrected chi connectivity index (χ1v) is 10.6. The molecule has 0 bridgehead atoms. The number of amides is 1. The summed E-state index contributed by atoms with van der Waals surface area (Å²) in [7, 11) is 1.53. The van der Waals surface area contributed by atoms with Crippen LogP contribution in [0.2, 0.25) is 0 Å². The van der Waals surface area contributed by atoms with Crippen LogP contribution in [0.4, 0.5) is 0 Å². The van der Waals surface area contributed by atoms with Crippen molar-refractivity contribution in [1.29, 1.82) is 5.26 Å². The predicted octanol–water partition coefficient (Wildman–Crippen LogP) is 3.39. The smallest absolute Gasteiger partial charge is 0.257 e. The number of nitrogens with one attached hydrogen (secondary N) is 1. The van der Waals surface area contributed by atoms with Crippen LogP contribution in [0.15, 0.2) is 30.3 Å². The number of methoxy groups -OCH3 is 1. The molecule has 1 fully saturated rings. The summed E-state index contributed by atoms with van der Waals surface area (Å²) < 4.78 is 11.0. The number of H-pyrrole nitrogens is 1. The number of nitriles is 1. The van der Waals surface area contributed by atoms with Gasteiger partial charge in [-0.15, -0.1) is 0 Å². The summed E-state index contributed by atoms with van der Waals surface area (Å²) in [6.07, 6.45) is 0. The first kappa shape index (κ1) is 20.3. The second kappa shape index (κ2) is 7.21. The lowest BCUT2D eigenvalue weighted by Crippen LogP contribution is -2.41. The van der Waals surface area contributed by atoms with Crippen LogP contribution in [0.25, 0.3) is 10.9 Å². The molecule has 3 aromatic rings. The first-order chi connectivity index (χ1) is 15.4. The maximum atomic E-state index is 13.7. The monoisotopic (exact) mass is 429 g/mol. The minimum absolute atomic E-state index is 0.135. The minimum Gasteiger partial charge on any atom is -0.496 e. The molecule has 1 aromatic heterocycles. The van der Waals surface area contributed by atoms with Gasteiger partial charge >= 0.3 is 0 Å². The van der Waals surface area contributed by atoms with Gasteiger partial charge in [0.05, 0.1) is 43.1 Å². The molecular weight excluding hydrogens is 406 g/mol. The number of benzene rings is 2. The normalized spacial score (nSPS) is 16.9. The van der Waals surface area contributed by atoms with E-state index in [2.05, 4.69) is 11.1 Å². The second-order valence-electron chi connectivity index (χ2n) is 8.70. The van der Waals surface area contributed by atoms with Crippen molar-refractivity contribution in [1.82, 2.24) is 9.88 Å². The highest BCUT2D eigenvalue weighted by molar-refractivity contribution is 6.20. The Morgan fingerprint density at radius 2 is 1.97 bits per heavy atom. The third kappa shape index (κ3) is 2.84. The minimum atomic E-state index is -0.530. The van der Waals surface area contributed by atoms with Crippen LogP contribution in [0, 0.1) is 11.3 Å². The van der Waals surface area contributed by atoms with Crippen molar-refractivity contribution in [3.8, 4) is 11.8 Å². The van der Waals surface area contributed by atoms with Gasteiger partial charge in [0.15, 0.2) is 5.78 Å². The molecule has 1 amide bonds. The number of hydrogen-bond acceptors (Lipinski definition) is 5. The van der Waals surface area contributed by atoms with Gasteiger partial charge in [-0.2, -0.15) is 5.26 Å². The molecule has 2 aromatic carbocycles. The van der Waals surface area contributed by atoms with Crippen molar-refractivity contribution in [3.63, 3.8) is 0 Å². The predicted molar refractivity (Wildman–Crippen MR) is 118 cm³/mol. The number of carbonyl (C=O) groups excluding carboxylic acids is 2. The maximum Gasteiger partial charge on any atom is 0.257 e. The summed E-state index contributed by atoms with van der Waals surface area (Å²) in [6.45, 7) is 6.09. The zero-order valence-electron chi connectivity index (χ0n) is 18.2. The van der Waals surface area contributed by atoms with E-state index in [0.717, 1.165) is 22.2 Å². The van der Waals surface area contributed by atoms with Crippen LogP contribution in [0.3, 0.4) is 0 Å². The van der Waals surface area contributed by atoms with E-state index >= 15 is 0 Å². The van der Waals surface area contributed by atoms with E-state index in [0.29, 0.717) is 54.3 Å². The molecule has 2 heterocycles. The molecule has 0 unspecified atom stereocenters. The van der Waals surface area contributed by atoms with E-state index in [-0.39, 0.29) is 11.7 Å². The Labute approximate surface area is 185 Å². The third-order valence-electron chi connectivity index (χ3n) is 6.57. The van der Waals surface area contributed by atoms with E-state index in [4.69, 9.17) is 9.47 Å². The number of fused-ring (bicyclic) bond motifs is 4. The van der Waals surface area contributed by atoms with Gasteiger partial charge in [0.2, 0.25) is 0 Å². The van der Waals surface area contributed by atoms with Crippen LogP contribution < -0.4 is 4.74 Å². The van der Waals surface area contributed by atoms with Crippen molar-refractivity contribution in [2.24, 2.45) is 0 Å². The van der Waals surface area contributed by atoms with Gasteiger partial charge in [-0.25, -0.2) is 0 Å². The Kier molecular flexibility index (Phi) is 4.57. The number of nitrogens with zero attached hydrogens (tertiary/aromatic N) is 2. The molecule has 5 rings (SSSR count). The summed E-state index contributed by atoms with van der Waals surface area (Å²) in [6, 6.07) is 10.9. The highest BCUT2D eigenvalue weighted by Gasteiger charge is 2.41. The Hall–Kier alpha value is -3.63. The van der Waals surface area contributed by atoms with Gasteiger partial charge in [-0.3, -0.25) is 9.59 Å². The van der Waals surface area contributed by atoms with Crippen molar-refractivity contribution in [2.75, 3.05) is 33.4 Å². The van der Waals surface area contributed by atoms with Gasteiger partial charge in [0.1, 0.15) is 5.75 Å². The Balaban J connectivity index is 1.70. The van der Waals surface area contributed by atoms with Gasteiger partial charge in [0.25, 0.3) is 5.91 Å². The van der Waals surface area contributed by atoms with Crippen molar-refractivity contribution < 1.29 is 19.1 Å². The lowest BCUT2D eigenvalue weighted by atomic mass is 9.70. The number of morpholine rings is 1. The van der Waals surface area contributed by atoms with Crippen molar-refractivity contribution in [2.45, 2.75) is 19.3 Å². The highest BCUT2D eigenvalue weighted by Crippen LogP contribution is 2.45. The SMILES string of the molecule is COc1cc2c(cc1C(=O)N1CCOCC1)C(=O)c1c([nH]c3cc(C#N)ccc13)C2(C)C. The lowest BCUT2D eigenvalue weighted by Gasteiger charge is -2.33. The lowest BCUT2D eigenvalue weighted by molar-refractivity contribution is 0.0301. The quantitative estimate of drug-likeness (QED) is 0.674. The number of aromatic nitrogens is 1. The van der Waals surface area contributed by atoms with E-state index in [1.807, 2.05) is 26.0 Å². The molecule has 0 saturated carbocycles. The summed E-state index contributed by atoms with van der Waals surface area (Å²) in [5.74, 6) is 0.151. The molecular formula is C25H23N3O4. The van der Waals surface area contributed by atoms with Crippen LogP contribution in [0.5, 0.6) is 5.75 Å². The average molecular weight is 429 g/mol. The molecule has 162 valence electrons. The molecule has 1 aliphatic carbocycles. The fourth-order valence-electron chi connectivity index (χ4n) is 4.80. The molecule has 0 spiro atoms. The molecule has 1 N–H and O–H groups in total. The van der Waals surface area contributed by atoms with Crippen LogP contribution in [0.1, 0.15) is 56.9 Å². The molecule has 0 atom stereocenters. The van der Waals surface area contributed by atoms with Crippen LogP contribution in [-0.2, 0) is 10.2 Å². The average Bonchev–Trinajstić information content (AvgIpc) is 3.22. The zero-order valence-corrected chi connectivity index (χ0v) is 18.2. The van der Waals surface area contributed by atoms with Crippen LogP contribution >= 0.6 is 0 Å². The van der Waals surface area contributed by atoms with E-state index in [1.54, 1.807) is 23.1 Å². The number of aromatic amines is 1. The zero-order chi connectivity index (χ0) is 22.6. The molecule has 1 saturated heterocycles. The molecule has 7 heteroatoms. The second-order valence-corrected chi connectivity index (χ2v) is 8.70. The summed E-state index contributed by atoms with van der Waals surface area (Å²) in [5.41, 5.74) is 3.83. The molecule has 0 radical (unpaired) electrons. The topological polar surface area (TPSA) is 95.4 Å². The summed E-state index contributed by atoms with van der Waals surface area (Å²) in [5, 5.41) is 10.0. The standard InChI is InChI=1S/C25H23N3O4/c1-25(2)18-12-20(31-3)17(24(30)28-6-8-32-9-7-28)11-16(18)22(29)21-15-5-4-14(13-26)10-19(15)27-23(21)25/h4-5,10-12,27H,6-9H2,1-3H3. The van der Waals surface area contributed by atoms with Gasteiger partial charge in [-0.1, -0.05) is 19.9 Å². The summed E-state index contributed by atoms with van der Waals surface area (Å²) in [4.78, 5) is 32.1. The first-order valence-electron chi connectivity index (χ1n) is 10.6. The maximum absolute atomic E-state index is 13.7. The Morgan fingerprint density at radius 1 is 1.22 bits per heavy atom. The fourth-order valence-corrected chi connectivity index (χ4v) is 4.80. The fraction of sp³-hybridized carbons (Fsp3) is 0.320. The van der Waals surface area contributed by atoms with E-state index in [9.17, 15) is 14.9 Å². The van der Waals surface area contributed by atoms with Gasteiger partial charge in [-0.05, 0) is 29.8 Å².